The topological polar surface area (TPSA) is 139 Å². The van der Waals surface area contributed by atoms with Crippen LogP contribution in [-0.2, 0) is 19.1 Å². The highest BCUT2D eigenvalue weighted by molar-refractivity contribution is 6.31. The van der Waals surface area contributed by atoms with Gasteiger partial charge in [-0.15, -0.1) is 0 Å². The van der Waals surface area contributed by atoms with Gasteiger partial charge in [0.1, 0.15) is 23.5 Å². The van der Waals surface area contributed by atoms with Crippen LogP contribution in [0.25, 0.3) is 10.9 Å². The number of carbonyl (C=O) groups excluding carboxylic acids is 4. The summed E-state index contributed by atoms with van der Waals surface area (Å²) < 4.78 is 10.2. The summed E-state index contributed by atoms with van der Waals surface area (Å²) in [6, 6.07) is 3.03. The molecular weight excluding hydrogens is 488 g/mol. The third kappa shape index (κ3) is 6.69. The molecule has 1 saturated heterocycles. The van der Waals surface area contributed by atoms with Crippen LogP contribution in [0.15, 0.2) is 18.2 Å². The lowest BCUT2D eigenvalue weighted by atomic mass is 9.91. The molecule has 3 atom stereocenters. The number of H-pyrrole nitrogens is 1. The van der Waals surface area contributed by atoms with E-state index in [4.69, 9.17) is 21.1 Å². The van der Waals surface area contributed by atoms with Crippen LogP contribution in [0.5, 0.6) is 5.75 Å². The van der Waals surface area contributed by atoms with Gasteiger partial charge in [-0.1, -0.05) is 25.4 Å². The van der Waals surface area contributed by atoms with E-state index in [0.29, 0.717) is 41.1 Å². The second-order valence-electron chi connectivity index (χ2n) is 9.36. The number of benzene rings is 1. The number of fused-ring (bicyclic) bond motifs is 1. The van der Waals surface area contributed by atoms with Crippen LogP contribution in [0.2, 0.25) is 5.02 Å². The molecule has 196 valence electrons. The van der Waals surface area contributed by atoms with Gasteiger partial charge in [-0.2, -0.15) is 0 Å². The van der Waals surface area contributed by atoms with E-state index in [2.05, 4.69) is 20.9 Å². The van der Waals surface area contributed by atoms with E-state index >= 15 is 0 Å². The number of carbonyl (C=O) groups is 4. The van der Waals surface area contributed by atoms with Crippen LogP contribution in [0.1, 0.15) is 50.0 Å². The summed E-state index contributed by atoms with van der Waals surface area (Å²) in [7, 11) is 2.74. The number of hydrogen-bond acceptors (Lipinski definition) is 6. The van der Waals surface area contributed by atoms with E-state index in [1.165, 1.54) is 14.2 Å². The number of nitrogens with one attached hydrogen (secondary N) is 4. The Morgan fingerprint density at radius 3 is 2.53 bits per heavy atom. The molecule has 0 bridgehead atoms. The van der Waals surface area contributed by atoms with E-state index in [-0.39, 0.29) is 23.9 Å². The summed E-state index contributed by atoms with van der Waals surface area (Å²) in [5, 5.41) is 9.37. The van der Waals surface area contributed by atoms with Crippen LogP contribution in [0.3, 0.4) is 0 Å². The SMILES string of the molecule is COC(=O)[C@H](C[C@@H]1CCCNC1=O)NC(=O)[C@H](CC(C)C)NC(=O)c1cc2c(OC)cc(Cl)cc2[nH]1. The Labute approximate surface area is 214 Å². The molecular formula is C25H33ClN4O6. The number of halogens is 1. The van der Waals surface area contributed by atoms with Crippen molar-refractivity contribution in [1.29, 1.82) is 0 Å². The van der Waals surface area contributed by atoms with E-state index < -0.39 is 35.8 Å². The molecule has 1 fully saturated rings. The quantitative estimate of drug-likeness (QED) is 0.355. The molecule has 2 heterocycles. The molecule has 1 aliphatic heterocycles. The van der Waals surface area contributed by atoms with Gasteiger partial charge in [0.2, 0.25) is 11.8 Å². The summed E-state index contributed by atoms with van der Waals surface area (Å²) in [5.74, 6) is -1.64. The lowest BCUT2D eigenvalue weighted by molar-refractivity contribution is -0.146. The Kier molecular flexibility index (Phi) is 9.19. The molecule has 0 unspecified atom stereocenters. The monoisotopic (exact) mass is 520 g/mol. The van der Waals surface area contributed by atoms with Gasteiger partial charge in [0.25, 0.3) is 5.91 Å². The first kappa shape index (κ1) is 27.3. The maximum Gasteiger partial charge on any atom is 0.328 e. The van der Waals surface area contributed by atoms with Crippen LogP contribution in [0, 0.1) is 11.8 Å². The van der Waals surface area contributed by atoms with Gasteiger partial charge in [0.05, 0.1) is 19.7 Å². The minimum Gasteiger partial charge on any atom is -0.496 e. The van der Waals surface area contributed by atoms with Gasteiger partial charge in [-0.3, -0.25) is 14.4 Å². The zero-order valence-electron chi connectivity index (χ0n) is 20.9. The van der Waals surface area contributed by atoms with Crippen molar-refractivity contribution in [2.75, 3.05) is 20.8 Å². The van der Waals surface area contributed by atoms with E-state index in [1.54, 1.807) is 18.2 Å². The summed E-state index contributed by atoms with van der Waals surface area (Å²) in [6.45, 7) is 4.44. The molecule has 0 spiro atoms. The molecule has 36 heavy (non-hydrogen) atoms. The molecule has 4 N–H and O–H groups in total. The van der Waals surface area contributed by atoms with Crippen LogP contribution < -0.4 is 20.7 Å². The number of aromatic nitrogens is 1. The molecule has 3 rings (SSSR count). The molecule has 0 radical (unpaired) electrons. The number of piperidine rings is 1. The van der Waals surface area contributed by atoms with E-state index in [1.807, 2.05) is 13.8 Å². The highest BCUT2D eigenvalue weighted by Gasteiger charge is 2.33. The summed E-state index contributed by atoms with van der Waals surface area (Å²) in [5.41, 5.74) is 0.849. The number of amides is 3. The normalized spacial score (nSPS) is 17.3. The average molecular weight is 521 g/mol. The molecule has 0 saturated carbocycles. The first-order chi connectivity index (χ1) is 17.1. The van der Waals surface area contributed by atoms with E-state index in [0.717, 1.165) is 6.42 Å². The number of esters is 1. The lowest BCUT2D eigenvalue weighted by Crippen LogP contribution is -2.53. The second-order valence-corrected chi connectivity index (χ2v) is 9.79. The number of ether oxygens (including phenoxy) is 2. The fourth-order valence-electron chi connectivity index (χ4n) is 4.37. The largest absolute Gasteiger partial charge is 0.496 e. The van der Waals surface area contributed by atoms with Crippen LogP contribution >= 0.6 is 11.6 Å². The highest BCUT2D eigenvalue weighted by atomic mass is 35.5. The molecule has 1 aliphatic rings. The summed E-state index contributed by atoms with van der Waals surface area (Å²) in [4.78, 5) is 53.9. The smallest absolute Gasteiger partial charge is 0.328 e. The van der Waals surface area contributed by atoms with Gasteiger partial charge in [-0.25, -0.2) is 4.79 Å². The van der Waals surface area contributed by atoms with Gasteiger partial charge in [0, 0.05) is 22.9 Å². The Balaban J connectivity index is 1.77. The number of aromatic amines is 1. The number of methoxy groups -OCH3 is 2. The Bertz CT molecular complexity index is 1130. The van der Waals surface area contributed by atoms with Gasteiger partial charge >= 0.3 is 5.97 Å². The van der Waals surface area contributed by atoms with Gasteiger partial charge in [0.15, 0.2) is 0 Å². The zero-order chi connectivity index (χ0) is 26.4. The van der Waals surface area contributed by atoms with Crippen molar-refractivity contribution < 1.29 is 28.7 Å². The number of rotatable bonds is 10. The fourth-order valence-corrected chi connectivity index (χ4v) is 4.58. The molecule has 0 aliphatic carbocycles. The third-order valence-corrected chi connectivity index (χ3v) is 6.40. The van der Waals surface area contributed by atoms with Crippen molar-refractivity contribution in [3.05, 3.63) is 28.9 Å². The van der Waals surface area contributed by atoms with Crippen molar-refractivity contribution in [1.82, 2.24) is 20.9 Å². The Morgan fingerprint density at radius 1 is 1.14 bits per heavy atom. The molecule has 1 aromatic carbocycles. The predicted octanol–water partition coefficient (Wildman–Crippen LogP) is 2.55. The van der Waals surface area contributed by atoms with Gasteiger partial charge < -0.3 is 30.4 Å². The lowest BCUT2D eigenvalue weighted by Gasteiger charge is -2.27. The third-order valence-electron chi connectivity index (χ3n) is 6.18. The van der Waals surface area contributed by atoms with E-state index in [9.17, 15) is 19.2 Å². The summed E-state index contributed by atoms with van der Waals surface area (Å²) >= 11 is 6.12. The molecule has 3 amide bonds. The molecule has 1 aromatic heterocycles. The van der Waals surface area contributed by atoms with Crippen molar-refractivity contribution in [2.24, 2.45) is 11.8 Å². The second kappa shape index (κ2) is 12.1. The first-order valence-corrected chi connectivity index (χ1v) is 12.3. The van der Waals surface area contributed by atoms with Crippen LogP contribution in [0.4, 0.5) is 0 Å². The summed E-state index contributed by atoms with van der Waals surface area (Å²) in [6.07, 6.45) is 1.87. The van der Waals surface area contributed by atoms with Gasteiger partial charge in [-0.05, 0) is 49.8 Å². The number of hydrogen-bond donors (Lipinski definition) is 4. The highest BCUT2D eigenvalue weighted by Crippen LogP contribution is 2.30. The predicted molar refractivity (Wildman–Crippen MR) is 135 cm³/mol. The van der Waals surface area contributed by atoms with Crippen molar-refractivity contribution >= 4 is 46.2 Å². The zero-order valence-corrected chi connectivity index (χ0v) is 21.7. The van der Waals surface area contributed by atoms with Crippen LogP contribution in [-0.4, -0.2) is 61.5 Å². The standard InChI is InChI=1S/C25H33ClN4O6/c1-13(2)8-18(23(32)30-20(25(34)36-4)9-14-6-5-7-27-22(14)31)29-24(33)19-12-16-17(28-19)10-15(26)11-21(16)35-3/h10-14,18,20,28H,5-9H2,1-4H3,(H,27,31)(H,29,33)(H,30,32)/t14-,18-,20-/m0/s1. The van der Waals surface area contributed by atoms with Crippen molar-refractivity contribution in [2.45, 2.75) is 51.6 Å². The first-order valence-electron chi connectivity index (χ1n) is 12.0. The maximum atomic E-state index is 13.2. The fraction of sp³-hybridized carbons (Fsp3) is 0.520. The minimum absolute atomic E-state index is 0.0726. The Morgan fingerprint density at radius 2 is 1.89 bits per heavy atom. The van der Waals surface area contributed by atoms with Crippen molar-refractivity contribution in [3.8, 4) is 5.75 Å². The molecule has 10 nitrogen and oxygen atoms in total. The Hall–Kier alpha value is -3.27. The molecule has 11 heteroatoms. The average Bonchev–Trinajstić information content (AvgIpc) is 3.27. The maximum absolute atomic E-state index is 13.2. The minimum atomic E-state index is -1.01. The van der Waals surface area contributed by atoms with Crippen molar-refractivity contribution in [3.63, 3.8) is 0 Å². The molecule has 2 aromatic rings.